The maximum Gasteiger partial charge on any atom is 0.412 e. The summed E-state index contributed by atoms with van der Waals surface area (Å²) >= 11 is 0. The average molecular weight is 371 g/mol. The van der Waals surface area contributed by atoms with Crippen molar-refractivity contribution in [3.8, 4) is 0 Å². The summed E-state index contributed by atoms with van der Waals surface area (Å²) in [5.74, 6) is -1.63. The fourth-order valence-corrected chi connectivity index (χ4v) is 3.20. The van der Waals surface area contributed by atoms with E-state index >= 15 is 0 Å². The van der Waals surface area contributed by atoms with Crippen LogP contribution < -0.4 is 5.32 Å². The first-order chi connectivity index (χ1) is 11.5. The van der Waals surface area contributed by atoms with E-state index in [0.717, 1.165) is 6.07 Å². The van der Waals surface area contributed by atoms with Gasteiger partial charge in [-0.1, -0.05) is 5.16 Å². The largest absolute Gasteiger partial charge is 0.444 e. The van der Waals surface area contributed by atoms with Gasteiger partial charge in [-0.3, -0.25) is 5.32 Å². The van der Waals surface area contributed by atoms with Crippen molar-refractivity contribution >= 4 is 21.6 Å². The van der Waals surface area contributed by atoms with Crippen LogP contribution in [0.2, 0.25) is 0 Å². The average Bonchev–Trinajstić information content (AvgIpc) is 2.92. The minimum Gasteiger partial charge on any atom is -0.444 e. The fourth-order valence-electron chi connectivity index (χ4n) is 1.89. The lowest BCUT2D eigenvalue weighted by Crippen LogP contribution is -2.27. The van der Waals surface area contributed by atoms with Crippen LogP contribution >= 0.6 is 0 Å². The zero-order valence-corrected chi connectivity index (χ0v) is 15.0. The summed E-state index contributed by atoms with van der Waals surface area (Å²) in [6.07, 6.45) is 0.420. The SMILES string of the molecule is Cc1nc(S(=O)(=O)Cc2ccon2)c(F)cc1NC(=O)OC(C)(C)C. The molecule has 2 aromatic rings. The van der Waals surface area contributed by atoms with Crippen LogP contribution in [-0.2, 0) is 20.3 Å². The molecule has 0 spiro atoms. The van der Waals surface area contributed by atoms with E-state index in [0.29, 0.717) is 0 Å². The normalized spacial score (nSPS) is 12.0. The third-order valence-corrected chi connectivity index (χ3v) is 4.45. The van der Waals surface area contributed by atoms with Crippen LogP contribution in [0.15, 0.2) is 27.9 Å². The number of amides is 1. The number of ether oxygens (including phenoxy) is 1. The molecule has 0 atom stereocenters. The molecule has 0 fully saturated rings. The molecule has 2 aromatic heterocycles. The third kappa shape index (κ3) is 4.99. The summed E-state index contributed by atoms with van der Waals surface area (Å²) in [6, 6.07) is 2.25. The highest BCUT2D eigenvalue weighted by molar-refractivity contribution is 7.90. The van der Waals surface area contributed by atoms with Gasteiger partial charge in [-0.2, -0.15) is 0 Å². The number of carbonyl (C=O) groups excluding carboxylic acids is 1. The van der Waals surface area contributed by atoms with Gasteiger partial charge in [-0.05, 0) is 27.7 Å². The molecular weight excluding hydrogens is 353 g/mol. The van der Waals surface area contributed by atoms with E-state index in [1.807, 2.05) is 0 Å². The zero-order chi connectivity index (χ0) is 18.8. The van der Waals surface area contributed by atoms with E-state index in [9.17, 15) is 17.6 Å². The maximum atomic E-state index is 14.3. The topological polar surface area (TPSA) is 111 Å². The highest BCUT2D eigenvalue weighted by Crippen LogP contribution is 2.23. The second-order valence-electron chi connectivity index (χ2n) is 6.29. The molecular formula is C15H18FN3O5S. The number of hydrogen-bond donors (Lipinski definition) is 1. The number of rotatable bonds is 4. The summed E-state index contributed by atoms with van der Waals surface area (Å²) in [7, 11) is -4.06. The second kappa shape index (κ2) is 6.79. The molecule has 1 N–H and O–H groups in total. The van der Waals surface area contributed by atoms with Gasteiger partial charge in [-0.15, -0.1) is 0 Å². The number of hydrogen-bond acceptors (Lipinski definition) is 7. The predicted molar refractivity (Wildman–Crippen MR) is 86.2 cm³/mol. The highest BCUT2D eigenvalue weighted by atomic mass is 32.2. The molecule has 25 heavy (non-hydrogen) atoms. The van der Waals surface area contributed by atoms with Crippen molar-refractivity contribution in [3.05, 3.63) is 35.6 Å². The molecule has 10 heteroatoms. The fraction of sp³-hybridized carbons (Fsp3) is 0.400. The van der Waals surface area contributed by atoms with E-state index in [-0.39, 0.29) is 17.1 Å². The van der Waals surface area contributed by atoms with E-state index in [1.165, 1.54) is 19.3 Å². The summed E-state index contributed by atoms with van der Waals surface area (Å²) in [5.41, 5.74) is -0.446. The maximum absolute atomic E-state index is 14.3. The van der Waals surface area contributed by atoms with Gasteiger partial charge >= 0.3 is 6.09 Å². The number of anilines is 1. The summed E-state index contributed by atoms with van der Waals surface area (Å²) in [6.45, 7) is 6.48. The van der Waals surface area contributed by atoms with Gasteiger partial charge in [0.25, 0.3) is 0 Å². The standard InChI is InChI=1S/C15H18FN3O5S/c1-9-12(18-14(20)24-15(2,3)4)7-11(16)13(17-9)25(21,22)8-10-5-6-23-19-10/h5-7H,8H2,1-4H3,(H,18,20). The quantitative estimate of drug-likeness (QED) is 0.879. The van der Waals surface area contributed by atoms with Crippen molar-refractivity contribution in [2.45, 2.75) is 44.1 Å². The molecule has 8 nitrogen and oxygen atoms in total. The minimum absolute atomic E-state index is 0.0205. The van der Waals surface area contributed by atoms with Crippen molar-refractivity contribution in [2.75, 3.05) is 5.32 Å². The van der Waals surface area contributed by atoms with Crippen LogP contribution in [-0.4, -0.2) is 30.3 Å². The van der Waals surface area contributed by atoms with E-state index in [2.05, 4.69) is 20.0 Å². The Balaban J connectivity index is 2.26. The lowest BCUT2D eigenvalue weighted by atomic mass is 10.2. The van der Waals surface area contributed by atoms with Crippen molar-refractivity contribution in [3.63, 3.8) is 0 Å². The summed E-state index contributed by atoms with van der Waals surface area (Å²) in [5, 5.41) is 5.12. The molecule has 1 amide bonds. The number of aryl methyl sites for hydroxylation is 1. The molecule has 0 radical (unpaired) electrons. The molecule has 0 saturated carbocycles. The highest BCUT2D eigenvalue weighted by Gasteiger charge is 2.25. The van der Waals surface area contributed by atoms with Crippen LogP contribution in [0.1, 0.15) is 32.2 Å². The molecule has 0 saturated heterocycles. The first-order valence-corrected chi connectivity index (χ1v) is 8.92. The molecule has 2 rings (SSSR count). The molecule has 136 valence electrons. The monoisotopic (exact) mass is 371 g/mol. The van der Waals surface area contributed by atoms with Gasteiger partial charge in [0.15, 0.2) is 10.8 Å². The van der Waals surface area contributed by atoms with Gasteiger partial charge < -0.3 is 9.26 Å². The molecule has 0 aliphatic heterocycles. The molecule has 2 heterocycles. The first-order valence-electron chi connectivity index (χ1n) is 7.27. The summed E-state index contributed by atoms with van der Waals surface area (Å²) < 4.78 is 48.5. The number of halogens is 1. The van der Waals surface area contributed by atoms with E-state index in [1.54, 1.807) is 20.8 Å². The molecule has 0 aliphatic rings. The van der Waals surface area contributed by atoms with Gasteiger partial charge in [0.2, 0.25) is 9.84 Å². The Bertz CT molecular complexity index is 873. The molecule has 0 aromatic carbocycles. The second-order valence-corrected chi connectivity index (χ2v) is 8.19. The molecule has 0 aliphatic carbocycles. The number of nitrogens with zero attached hydrogens (tertiary/aromatic N) is 2. The van der Waals surface area contributed by atoms with Crippen LogP contribution in [0.5, 0.6) is 0 Å². The lowest BCUT2D eigenvalue weighted by Gasteiger charge is -2.20. The zero-order valence-electron chi connectivity index (χ0n) is 14.2. The Hall–Kier alpha value is -2.49. The van der Waals surface area contributed by atoms with Crippen LogP contribution in [0.4, 0.5) is 14.9 Å². The van der Waals surface area contributed by atoms with Crippen molar-refractivity contribution in [2.24, 2.45) is 0 Å². The number of nitrogens with one attached hydrogen (secondary N) is 1. The first kappa shape index (κ1) is 18.8. The Morgan fingerprint density at radius 3 is 2.64 bits per heavy atom. The van der Waals surface area contributed by atoms with Gasteiger partial charge in [-0.25, -0.2) is 22.6 Å². The third-order valence-electron chi connectivity index (χ3n) is 2.89. The van der Waals surface area contributed by atoms with Crippen molar-refractivity contribution in [1.29, 1.82) is 0 Å². The van der Waals surface area contributed by atoms with Crippen molar-refractivity contribution in [1.82, 2.24) is 10.1 Å². The lowest BCUT2D eigenvalue weighted by molar-refractivity contribution is 0.0635. The van der Waals surface area contributed by atoms with E-state index < -0.39 is 38.1 Å². The smallest absolute Gasteiger partial charge is 0.412 e. The summed E-state index contributed by atoms with van der Waals surface area (Å²) in [4.78, 5) is 15.5. The van der Waals surface area contributed by atoms with Crippen LogP contribution in [0.3, 0.4) is 0 Å². The Morgan fingerprint density at radius 1 is 1.40 bits per heavy atom. The van der Waals surface area contributed by atoms with Crippen LogP contribution in [0.25, 0.3) is 0 Å². The van der Waals surface area contributed by atoms with Crippen molar-refractivity contribution < 1.29 is 26.9 Å². The number of aromatic nitrogens is 2. The Kier molecular flexibility index (Phi) is 5.12. The number of carbonyl (C=O) groups is 1. The molecule has 0 unspecified atom stereocenters. The number of pyridine rings is 1. The Morgan fingerprint density at radius 2 is 2.08 bits per heavy atom. The molecule has 0 bridgehead atoms. The number of sulfone groups is 1. The van der Waals surface area contributed by atoms with Crippen LogP contribution in [0, 0.1) is 12.7 Å². The van der Waals surface area contributed by atoms with Gasteiger partial charge in [0.05, 0.1) is 17.1 Å². The predicted octanol–water partition coefficient (Wildman–Crippen LogP) is 2.84. The van der Waals surface area contributed by atoms with Gasteiger partial charge in [0, 0.05) is 12.1 Å². The van der Waals surface area contributed by atoms with E-state index in [4.69, 9.17) is 4.74 Å². The minimum atomic E-state index is -4.06. The van der Waals surface area contributed by atoms with Gasteiger partial charge in [0.1, 0.15) is 17.6 Å². The Labute approximate surface area is 144 Å².